The molecule has 4 rings (SSSR count). The van der Waals surface area contributed by atoms with Crippen molar-refractivity contribution in [3.63, 3.8) is 0 Å². The fourth-order valence-corrected chi connectivity index (χ4v) is 6.08. The van der Waals surface area contributed by atoms with Gasteiger partial charge < -0.3 is 20.1 Å². The SMILES string of the molecule is COC(=O)[C@H](NC(=O)C12CC(NS(=O)(=O)c3ccccc3)(C1)C2)C(C)(C)NC(=O)OC(C)(C)C. The molecule has 0 aromatic heterocycles. The normalized spacial score (nSPS) is 24.6. The summed E-state index contributed by atoms with van der Waals surface area (Å²) >= 11 is 0. The average molecular weight is 496 g/mol. The average Bonchev–Trinajstić information content (AvgIpc) is 2.65. The number of carbonyl (C=O) groups excluding carboxylic acids is 3. The van der Waals surface area contributed by atoms with Gasteiger partial charge in [0.2, 0.25) is 15.9 Å². The van der Waals surface area contributed by atoms with Crippen molar-refractivity contribution in [2.75, 3.05) is 7.11 Å². The van der Waals surface area contributed by atoms with E-state index in [1.165, 1.54) is 19.2 Å². The van der Waals surface area contributed by atoms with Gasteiger partial charge in [-0.05, 0) is 66.0 Å². The summed E-state index contributed by atoms with van der Waals surface area (Å²) in [5, 5.41) is 5.33. The molecule has 1 aromatic carbocycles. The Morgan fingerprint density at radius 2 is 1.56 bits per heavy atom. The lowest BCUT2D eigenvalue weighted by Crippen LogP contribution is -2.79. The van der Waals surface area contributed by atoms with E-state index in [0.717, 1.165) is 0 Å². The van der Waals surface area contributed by atoms with E-state index in [0.29, 0.717) is 19.3 Å². The van der Waals surface area contributed by atoms with E-state index >= 15 is 0 Å². The highest BCUT2D eigenvalue weighted by Crippen LogP contribution is 2.67. The van der Waals surface area contributed by atoms with E-state index in [2.05, 4.69) is 15.4 Å². The quantitative estimate of drug-likeness (QED) is 0.468. The summed E-state index contributed by atoms with van der Waals surface area (Å²) in [6.45, 7) is 8.30. The number of hydrogen-bond acceptors (Lipinski definition) is 7. The Morgan fingerprint density at radius 1 is 1.00 bits per heavy atom. The van der Waals surface area contributed by atoms with Gasteiger partial charge in [0.05, 0.1) is 23.0 Å². The molecule has 1 aromatic rings. The number of esters is 1. The number of methoxy groups -OCH3 is 1. The van der Waals surface area contributed by atoms with Crippen molar-refractivity contribution in [2.45, 2.75) is 81.5 Å². The van der Waals surface area contributed by atoms with Gasteiger partial charge in [0.1, 0.15) is 11.6 Å². The summed E-state index contributed by atoms with van der Waals surface area (Å²) in [5.41, 5.74) is -3.40. The zero-order chi connectivity index (χ0) is 25.6. The molecule has 188 valence electrons. The monoisotopic (exact) mass is 495 g/mol. The van der Waals surface area contributed by atoms with Crippen LogP contribution in [0.5, 0.6) is 0 Å². The summed E-state index contributed by atoms with van der Waals surface area (Å²) < 4.78 is 38.2. The van der Waals surface area contributed by atoms with Gasteiger partial charge in [0.15, 0.2) is 0 Å². The molecule has 0 spiro atoms. The Hall–Kier alpha value is -2.66. The third-order valence-corrected chi connectivity index (χ3v) is 7.77. The molecule has 2 bridgehead atoms. The zero-order valence-electron chi connectivity index (χ0n) is 20.4. The van der Waals surface area contributed by atoms with Gasteiger partial charge in [-0.2, -0.15) is 0 Å². The van der Waals surface area contributed by atoms with Crippen molar-refractivity contribution in [1.29, 1.82) is 0 Å². The van der Waals surface area contributed by atoms with E-state index in [4.69, 9.17) is 9.47 Å². The van der Waals surface area contributed by atoms with Crippen molar-refractivity contribution in [1.82, 2.24) is 15.4 Å². The van der Waals surface area contributed by atoms with Crippen LogP contribution in [0.25, 0.3) is 0 Å². The van der Waals surface area contributed by atoms with Crippen molar-refractivity contribution in [3.05, 3.63) is 30.3 Å². The van der Waals surface area contributed by atoms with Crippen LogP contribution in [0.3, 0.4) is 0 Å². The Morgan fingerprint density at radius 3 is 2.06 bits per heavy atom. The second-order valence-corrected chi connectivity index (χ2v) is 12.5. The van der Waals surface area contributed by atoms with Crippen LogP contribution in [0.1, 0.15) is 53.9 Å². The number of nitrogens with one attached hydrogen (secondary N) is 3. The maximum atomic E-state index is 13.1. The van der Waals surface area contributed by atoms with Crippen LogP contribution >= 0.6 is 0 Å². The third-order valence-electron chi connectivity index (χ3n) is 6.17. The van der Waals surface area contributed by atoms with E-state index in [1.54, 1.807) is 52.8 Å². The van der Waals surface area contributed by atoms with Crippen LogP contribution in [-0.2, 0) is 29.1 Å². The Labute approximate surface area is 200 Å². The van der Waals surface area contributed by atoms with Gasteiger partial charge in [0.25, 0.3) is 0 Å². The molecule has 0 unspecified atom stereocenters. The maximum absolute atomic E-state index is 13.1. The molecular weight excluding hydrogens is 462 g/mol. The number of ether oxygens (including phenoxy) is 2. The summed E-state index contributed by atoms with van der Waals surface area (Å²) in [6.07, 6.45) is 0.240. The van der Waals surface area contributed by atoms with E-state index in [-0.39, 0.29) is 10.8 Å². The Kier molecular flexibility index (Phi) is 6.51. The topological polar surface area (TPSA) is 140 Å². The zero-order valence-corrected chi connectivity index (χ0v) is 21.2. The second kappa shape index (κ2) is 8.53. The van der Waals surface area contributed by atoms with Crippen LogP contribution in [0.4, 0.5) is 4.79 Å². The number of alkyl carbamates (subject to hydrolysis) is 1. The molecule has 10 nitrogen and oxygen atoms in total. The molecule has 3 aliphatic rings. The van der Waals surface area contributed by atoms with Gasteiger partial charge in [-0.25, -0.2) is 22.7 Å². The highest BCUT2D eigenvalue weighted by molar-refractivity contribution is 7.89. The third kappa shape index (κ3) is 5.20. The predicted molar refractivity (Wildman–Crippen MR) is 123 cm³/mol. The van der Waals surface area contributed by atoms with Crippen LogP contribution < -0.4 is 15.4 Å². The summed E-state index contributed by atoms with van der Waals surface area (Å²) in [6, 6.07) is 6.87. The Balaban J connectivity index is 1.65. The van der Waals surface area contributed by atoms with Crippen molar-refractivity contribution in [3.8, 4) is 0 Å². The molecule has 0 heterocycles. The standard InChI is InChI=1S/C23H33N3O7S/c1-20(2,3)33-19(29)25-21(4,5)16(17(27)32-6)24-18(28)22-12-23(13-22,14-22)26-34(30,31)15-10-8-7-9-11-15/h7-11,16,26H,12-14H2,1-6H3,(H,24,28)(H,25,29)/t16-,22?,23?/m0/s1. The molecule has 3 fully saturated rings. The molecule has 3 N–H and O–H groups in total. The first-order valence-corrected chi connectivity index (χ1v) is 12.5. The van der Waals surface area contributed by atoms with Crippen LogP contribution in [0, 0.1) is 5.41 Å². The van der Waals surface area contributed by atoms with Crippen molar-refractivity contribution < 1.29 is 32.3 Å². The lowest BCUT2D eigenvalue weighted by molar-refractivity contribution is -0.178. The summed E-state index contributed by atoms with van der Waals surface area (Å²) in [7, 11) is -2.51. The predicted octanol–water partition coefficient (Wildman–Crippen LogP) is 1.85. The van der Waals surface area contributed by atoms with Gasteiger partial charge in [0, 0.05) is 5.54 Å². The molecule has 0 saturated heterocycles. The first-order valence-electron chi connectivity index (χ1n) is 11.0. The highest BCUT2D eigenvalue weighted by Gasteiger charge is 2.73. The van der Waals surface area contributed by atoms with E-state index in [1.807, 2.05) is 0 Å². The summed E-state index contributed by atoms with van der Waals surface area (Å²) in [5.74, 6) is -1.11. The van der Waals surface area contributed by atoms with Gasteiger partial charge in [-0.1, -0.05) is 18.2 Å². The lowest BCUT2D eigenvalue weighted by atomic mass is 9.39. The largest absolute Gasteiger partial charge is 0.467 e. The highest BCUT2D eigenvalue weighted by atomic mass is 32.2. The molecule has 2 amide bonds. The molecule has 3 saturated carbocycles. The molecule has 1 atom stereocenters. The first kappa shape index (κ1) is 26.0. The van der Waals surface area contributed by atoms with E-state index in [9.17, 15) is 22.8 Å². The molecular formula is C23H33N3O7S. The van der Waals surface area contributed by atoms with Gasteiger partial charge in [-0.3, -0.25) is 4.79 Å². The van der Waals surface area contributed by atoms with Gasteiger partial charge in [-0.15, -0.1) is 0 Å². The lowest BCUT2D eigenvalue weighted by Gasteiger charge is -2.69. The van der Waals surface area contributed by atoms with Crippen LogP contribution in [-0.4, -0.2) is 56.2 Å². The minimum Gasteiger partial charge on any atom is -0.467 e. The fourth-order valence-electron chi connectivity index (χ4n) is 4.66. The molecule has 3 aliphatic carbocycles. The van der Waals surface area contributed by atoms with Crippen molar-refractivity contribution >= 4 is 28.0 Å². The number of rotatable bonds is 8. The smallest absolute Gasteiger partial charge is 0.408 e. The molecule has 11 heteroatoms. The Bertz CT molecular complexity index is 1060. The molecule has 0 radical (unpaired) electrons. The number of hydrogen-bond donors (Lipinski definition) is 3. The number of amides is 2. The van der Waals surface area contributed by atoms with Crippen molar-refractivity contribution in [2.24, 2.45) is 5.41 Å². The maximum Gasteiger partial charge on any atom is 0.408 e. The fraction of sp³-hybridized carbons (Fsp3) is 0.609. The van der Waals surface area contributed by atoms with Crippen LogP contribution in [0.15, 0.2) is 35.2 Å². The molecule has 0 aliphatic heterocycles. The number of sulfonamides is 1. The van der Waals surface area contributed by atoms with Gasteiger partial charge >= 0.3 is 12.1 Å². The minimum atomic E-state index is -3.70. The minimum absolute atomic E-state index is 0.166. The second-order valence-electron chi connectivity index (χ2n) is 10.8. The number of benzene rings is 1. The first-order chi connectivity index (χ1) is 15.5. The van der Waals surface area contributed by atoms with Crippen LogP contribution in [0.2, 0.25) is 0 Å². The molecule has 34 heavy (non-hydrogen) atoms. The van der Waals surface area contributed by atoms with E-state index < -0.39 is 50.2 Å². The summed E-state index contributed by atoms with van der Waals surface area (Å²) in [4.78, 5) is 38.1. The number of carbonyl (C=O) groups is 3.